The number of rotatable bonds is 3. The third-order valence-electron chi connectivity index (χ3n) is 2.19. The molecule has 4 heteroatoms. The van der Waals surface area contributed by atoms with Crippen LogP contribution in [0.25, 0.3) is 11.4 Å². The highest BCUT2D eigenvalue weighted by Crippen LogP contribution is 2.18. The van der Waals surface area contributed by atoms with Crippen molar-refractivity contribution >= 4 is 0 Å². The van der Waals surface area contributed by atoms with Gasteiger partial charge in [-0.15, -0.1) is 0 Å². The molecule has 2 heterocycles. The van der Waals surface area contributed by atoms with E-state index < -0.39 is 0 Å². The van der Waals surface area contributed by atoms with Gasteiger partial charge in [0.1, 0.15) is 11.5 Å². The second-order valence-electron chi connectivity index (χ2n) is 3.35. The molecule has 15 heavy (non-hydrogen) atoms. The molecule has 2 rings (SSSR count). The van der Waals surface area contributed by atoms with Crippen molar-refractivity contribution in [1.82, 2.24) is 15.0 Å². The lowest BCUT2D eigenvalue weighted by Gasteiger charge is -1.95. The van der Waals surface area contributed by atoms with Crippen molar-refractivity contribution in [1.29, 1.82) is 0 Å². The van der Waals surface area contributed by atoms with Crippen LogP contribution in [-0.4, -0.2) is 26.7 Å². The lowest BCUT2D eigenvalue weighted by Crippen LogP contribution is -1.92. The first-order chi connectivity index (χ1) is 7.31. The highest BCUT2D eigenvalue weighted by atomic mass is 16.3. The molecular weight excluding hydrogens is 190 g/mol. The van der Waals surface area contributed by atoms with Crippen LogP contribution in [0.15, 0.2) is 24.4 Å². The molecule has 0 aliphatic carbocycles. The molecule has 0 saturated carbocycles. The van der Waals surface area contributed by atoms with Crippen molar-refractivity contribution in [3.63, 3.8) is 0 Å². The molecule has 2 aromatic heterocycles. The lowest BCUT2D eigenvalue weighted by atomic mass is 10.2. The average molecular weight is 203 g/mol. The van der Waals surface area contributed by atoms with E-state index in [4.69, 9.17) is 5.11 Å². The Kier molecular flexibility index (Phi) is 2.78. The molecule has 0 unspecified atom stereocenters. The third kappa shape index (κ3) is 2.05. The predicted molar refractivity (Wildman–Crippen MR) is 57.3 cm³/mol. The molecule has 0 atom stereocenters. The van der Waals surface area contributed by atoms with Crippen LogP contribution in [0.5, 0.6) is 0 Å². The zero-order valence-corrected chi connectivity index (χ0v) is 8.57. The molecule has 2 aromatic rings. The minimum atomic E-state index is 0.106. The summed E-state index contributed by atoms with van der Waals surface area (Å²) >= 11 is 0. The van der Waals surface area contributed by atoms with Crippen molar-refractivity contribution < 1.29 is 5.11 Å². The van der Waals surface area contributed by atoms with Crippen LogP contribution in [0, 0.1) is 6.92 Å². The molecule has 0 aliphatic rings. The number of aliphatic hydroxyl groups is 1. The first kappa shape index (κ1) is 9.86. The number of imidazole rings is 1. The molecule has 0 aliphatic heterocycles. The summed E-state index contributed by atoms with van der Waals surface area (Å²) in [5, 5.41) is 8.81. The summed E-state index contributed by atoms with van der Waals surface area (Å²) in [5.74, 6) is 0.802. The minimum Gasteiger partial charge on any atom is -0.396 e. The van der Waals surface area contributed by atoms with E-state index in [-0.39, 0.29) is 6.61 Å². The molecule has 0 aromatic carbocycles. The van der Waals surface area contributed by atoms with Crippen molar-refractivity contribution in [3.8, 4) is 11.4 Å². The molecular formula is C11H13N3O. The van der Waals surface area contributed by atoms with Crippen molar-refractivity contribution in [2.45, 2.75) is 13.3 Å². The highest BCUT2D eigenvalue weighted by molar-refractivity contribution is 5.56. The molecule has 78 valence electrons. The Morgan fingerprint density at radius 2 is 2.27 bits per heavy atom. The maximum Gasteiger partial charge on any atom is 0.110 e. The fraction of sp³-hybridized carbons (Fsp3) is 0.273. The molecule has 2 N–H and O–H groups in total. The topological polar surface area (TPSA) is 61.8 Å². The Bertz CT molecular complexity index is 436. The van der Waals surface area contributed by atoms with E-state index in [1.807, 2.05) is 25.1 Å². The Hall–Kier alpha value is -1.68. The van der Waals surface area contributed by atoms with Crippen molar-refractivity contribution in [2.75, 3.05) is 6.61 Å². The fourth-order valence-electron chi connectivity index (χ4n) is 1.50. The van der Waals surface area contributed by atoms with Crippen LogP contribution in [0.2, 0.25) is 0 Å². The Labute approximate surface area is 88.0 Å². The van der Waals surface area contributed by atoms with E-state index in [1.165, 1.54) is 0 Å². The van der Waals surface area contributed by atoms with Crippen molar-refractivity contribution in [2.24, 2.45) is 0 Å². The zero-order chi connectivity index (χ0) is 10.7. The number of aromatic amines is 1. The van der Waals surface area contributed by atoms with E-state index in [9.17, 15) is 0 Å². The van der Waals surface area contributed by atoms with Gasteiger partial charge < -0.3 is 10.1 Å². The van der Waals surface area contributed by atoms with Gasteiger partial charge in [-0.3, -0.25) is 4.98 Å². The SMILES string of the molecule is Cc1[nH]c(CCO)nc1-c1ccccn1. The molecule has 0 spiro atoms. The number of aryl methyl sites for hydroxylation is 1. The second-order valence-corrected chi connectivity index (χ2v) is 3.35. The number of pyridine rings is 1. The van der Waals surface area contributed by atoms with Gasteiger partial charge in [0, 0.05) is 18.3 Å². The number of H-pyrrole nitrogens is 1. The van der Waals surface area contributed by atoms with Gasteiger partial charge in [-0.25, -0.2) is 4.98 Å². The predicted octanol–water partition coefficient (Wildman–Crippen LogP) is 1.31. The normalized spacial score (nSPS) is 10.5. The monoisotopic (exact) mass is 203 g/mol. The second kappa shape index (κ2) is 4.23. The number of nitrogens with zero attached hydrogens (tertiary/aromatic N) is 2. The molecule has 0 saturated heterocycles. The largest absolute Gasteiger partial charge is 0.396 e. The van der Waals surface area contributed by atoms with Crippen LogP contribution >= 0.6 is 0 Å². The summed E-state index contributed by atoms with van der Waals surface area (Å²) in [6, 6.07) is 5.73. The summed E-state index contributed by atoms with van der Waals surface area (Å²) in [4.78, 5) is 11.8. The molecule has 4 nitrogen and oxygen atoms in total. The van der Waals surface area contributed by atoms with E-state index in [0.29, 0.717) is 6.42 Å². The van der Waals surface area contributed by atoms with E-state index in [0.717, 1.165) is 22.9 Å². The Morgan fingerprint density at radius 3 is 2.93 bits per heavy atom. The number of nitrogens with one attached hydrogen (secondary N) is 1. The zero-order valence-electron chi connectivity index (χ0n) is 8.57. The Morgan fingerprint density at radius 1 is 1.40 bits per heavy atom. The number of hydrogen-bond acceptors (Lipinski definition) is 3. The van der Waals surface area contributed by atoms with Gasteiger partial charge in [0.05, 0.1) is 12.3 Å². The maximum atomic E-state index is 8.81. The van der Waals surface area contributed by atoms with E-state index in [2.05, 4.69) is 15.0 Å². The maximum absolute atomic E-state index is 8.81. The fourth-order valence-corrected chi connectivity index (χ4v) is 1.50. The Balaban J connectivity index is 2.36. The molecule has 0 amide bonds. The third-order valence-corrected chi connectivity index (χ3v) is 2.19. The minimum absolute atomic E-state index is 0.106. The summed E-state index contributed by atoms with van der Waals surface area (Å²) in [5.41, 5.74) is 2.70. The number of aromatic nitrogens is 3. The van der Waals surface area contributed by atoms with E-state index in [1.54, 1.807) is 6.20 Å². The summed E-state index contributed by atoms with van der Waals surface area (Å²) < 4.78 is 0. The van der Waals surface area contributed by atoms with Gasteiger partial charge in [-0.2, -0.15) is 0 Å². The lowest BCUT2D eigenvalue weighted by molar-refractivity contribution is 0.297. The van der Waals surface area contributed by atoms with Gasteiger partial charge >= 0.3 is 0 Å². The summed E-state index contributed by atoms with van der Waals surface area (Å²) in [7, 11) is 0. The summed E-state index contributed by atoms with van der Waals surface area (Å²) in [6.07, 6.45) is 2.29. The quantitative estimate of drug-likeness (QED) is 0.790. The highest BCUT2D eigenvalue weighted by Gasteiger charge is 2.08. The molecule has 0 fully saturated rings. The van der Waals surface area contributed by atoms with Gasteiger partial charge in [0.15, 0.2) is 0 Å². The summed E-state index contributed by atoms with van der Waals surface area (Å²) in [6.45, 7) is 2.06. The van der Waals surface area contributed by atoms with Gasteiger partial charge in [0.2, 0.25) is 0 Å². The van der Waals surface area contributed by atoms with Crippen LogP contribution in [0.1, 0.15) is 11.5 Å². The first-order valence-electron chi connectivity index (χ1n) is 4.89. The first-order valence-corrected chi connectivity index (χ1v) is 4.89. The van der Waals surface area contributed by atoms with E-state index >= 15 is 0 Å². The number of aliphatic hydroxyl groups excluding tert-OH is 1. The van der Waals surface area contributed by atoms with Crippen LogP contribution < -0.4 is 0 Å². The van der Waals surface area contributed by atoms with Crippen molar-refractivity contribution in [3.05, 3.63) is 35.9 Å². The van der Waals surface area contributed by atoms with Gasteiger partial charge in [0.25, 0.3) is 0 Å². The standard InChI is InChI=1S/C11H13N3O/c1-8-11(9-4-2-3-6-12-9)14-10(13-8)5-7-15/h2-4,6,15H,5,7H2,1H3,(H,13,14). The van der Waals surface area contributed by atoms with Gasteiger partial charge in [-0.1, -0.05) is 6.07 Å². The van der Waals surface area contributed by atoms with Crippen LogP contribution in [0.3, 0.4) is 0 Å². The molecule has 0 radical (unpaired) electrons. The smallest absolute Gasteiger partial charge is 0.110 e. The molecule has 0 bridgehead atoms. The van der Waals surface area contributed by atoms with Crippen LogP contribution in [0.4, 0.5) is 0 Å². The average Bonchev–Trinajstić information content (AvgIpc) is 2.61. The number of hydrogen-bond donors (Lipinski definition) is 2. The van der Waals surface area contributed by atoms with Gasteiger partial charge in [-0.05, 0) is 19.1 Å². The van der Waals surface area contributed by atoms with Crippen LogP contribution in [-0.2, 0) is 6.42 Å².